The zero-order chi connectivity index (χ0) is 29.9. The van der Waals surface area contributed by atoms with Crippen molar-refractivity contribution in [3.63, 3.8) is 0 Å². The maximum absolute atomic E-state index is 13.8. The Morgan fingerprint density at radius 2 is 1.63 bits per heavy atom. The minimum atomic E-state index is -5.00. The Hall–Kier alpha value is -2.70. The second-order valence-corrected chi connectivity index (χ2v) is 11.7. The van der Waals surface area contributed by atoms with Gasteiger partial charge in [-0.05, 0) is 68.1 Å². The molecule has 2 aromatic carbocycles. The van der Waals surface area contributed by atoms with Gasteiger partial charge >= 0.3 is 12.4 Å². The van der Waals surface area contributed by atoms with Gasteiger partial charge in [0.25, 0.3) is 0 Å². The third-order valence-electron chi connectivity index (χ3n) is 8.56. The molecule has 41 heavy (non-hydrogen) atoms. The number of aliphatic hydroxyl groups excluding tert-OH is 1. The summed E-state index contributed by atoms with van der Waals surface area (Å²) in [6, 6.07) is 6.66. The number of halogens is 7. The van der Waals surface area contributed by atoms with Gasteiger partial charge in [-0.25, -0.2) is 4.39 Å². The fourth-order valence-corrected chi connectivity index (χ4v) is 6.64. The number of alkyl halides is 6. The Morgan fingerprint density at radius 1 is 1.02 bits per heavy atom. The Morgan fingerprint density at radius 3 is 2.17 bits per heavy atom. The fourth-order valence-electron chi connectivity index (χ4n) is 6.64. The van der Waals surface area contributed by atoms with E-state index in [0.29, 0.717) is 50.2 Å². The molecule has 5 nitrogen and oxygen atoms in total. The van der Waals surface area contributed by atoms with Crippen LogP contribution in [-0.2, 0) is 21.9 Å². The number of benzene rings is 2. The molecule has 0 bridgehead atoms. The van der Waals surface area contributed by atoms with Crippen molar-refractivity contribution in [1.29, 1.82) is 0 Å². The summed E-state index contributed by atoms with van der Waals surface area (Å²) >= 11 is 0. The maximum atomic E-state index is 13.8. The number of aliphatic hydroxyl groups is 1. The minimum absolute atomic E-state index is 0.0715. The second-order valence-electron chi connectivity index (χ2n) is 11.7. The molecule has 3 heterocycles. The molecule has 224 valence electrons. The van der Waals surface area contributed by atoms with Crippen LogP contribution in [0.1, 0.15) is 61.0 Å². The molecule has 5 rings (SSSR count). The first kappa shape index (κ1) is 29.8. The van der Waals surface area contributed by atoms with Crippen LogP contribution in [0.25, 0.3) is 0 Å². The predicted octanol–water partition coefficient (Wildman–Crippen LogP) is 5.78. The molecule has 0 saturated carbocycles. The summed E-state index contributed by atoms with van der Waals surface area (Å²) in [6.07, 6.45) is -11.3. The summed E-state index contributed by atoms with van der Waals surface area (Å²) in [6.45, 7) is 4.90. The van der Waals surface area contributed by atoms with E-state index >= 15 is 0 Å². The SMILES string of the molecule is C[C@@H](O[C@H]1CN2C(=O)C(C)(CN3CC[C@H](O)C3)CC2[C@@H]1c1ccc(F)cc1)c1cc(C(F)(F)F)cc(C(F)(F)F)c1. The highest BCUT2D eigenvalue weighted by molar-refractivity contribution is 5.86. The van der Waals surface area contributed by atoms with Crippen molar-refractivity contribution in [2.75, 3.05) is 26.2 Å². The number of carbonyl (C=O) groups excluding carboxylic acids is 1. The number of ether oxygens (including phenoxy) is 1. The number of likely N-dealkylation sites (tertiary alicyclic amines) is 1. The van der Waals surface area contributed by atoms with Gasteiger partial charge in [0, 0.05) is 38.1 Å². The average molecular weight is 589 g/mol. The zero-order valence-corrected chi connectivity index (χ0v) is 22.5. The highest BCUT2D eigenvalue weighted by Crippen LogP contribution is 2.49. The molecule has 2 aromatic rings. The average Bonchev–Trinajstić information content (AvgIpc) is 3.51. The van der Waals surface area contributed by atoms with Gasteiger partial charge in [-0.1, -0.05) is 12.1 Å². The number of β-amino-alcohol motifs (C(OH)–C–C–N with tert-alkyl or cyclic N) is 1. The maximum Gasteiger partial charge on any atom is 0.416 e. The Bertz CT molecular complexity index is 1250. The summed E-state index contributed by atoms with van der Waals surface area (Å²) in [4.78, 5) is 17.4. The van der Waals surface area contributed by atoms with E-state index in [1.165, 1.54) is 19.1 Å². The van der Waals surface area contributed by atoms with Crippen molar-refractivity contribution in [2.24, 2.45) is 5.41 Å². The molecule has 0 radical (unpaired) electrons. The fraction of sp³-hybridized carbons (Fsp3) is 0.552. The third kappa shape index (κ3) is 5.96. The van der Waals surface area contributed by atoms with Gasteiger partial charge in [0.05, 0.1) is 34.9 Å². The molecule has 3 aliphatic heterocycles. The van der Waals surface area contributed by atoms with Crippen LogP contribution in [0.2, 0.25) is 0 Å². The first-order chi connectivity index (χ1) is 19.0. The van der Waals surface area contributed by atoms with E-state index in [4.69, 9.17) is 4.74 Å². The number of hydrogen-bond donors (Lipinski definition) is 1. The second kappa shape index (κ2) is 10.5. The minimum Gasteiger partial charge on any atom is -0.392 e. The van der Waals surface area contributed by atoms with Crippen LogP contribution in [0, 0.1) is 11.2 Å². The van der Waals surface area contributed by atoms with E-state index in [1.807, 2.05) is 11.8 Å². The molecule has 1 amide bonds. The van der Waals surface area contributed by atoms with Gasteiger partial charge in [-0.15, -0.1) is 0 Å². The van der Waals surface area contributed by atoms with Crippen molar-refractivity contribution in [3.05, 3.63) is 70.5 Å². The number of fused-ring (bicyclic) bond motifs is 1. The van der Waals surface area contributed by atoms with Crippen molar-refractivity contribution in [3.8, 4) is 0 Å². The number of carbonyl (C=O) groups is 1. The van der Waals surface area contributed by atoms with Crippen LogP contribution < -0.4 is 0 Å². The van der Waals surface area contributed by atoms with Crippen LogP contribution in [0.15, 0.2) is 42.5 Å². The molecule has 3 fully saturated rings. The highest BCUT2D eigenvalue weighted by atomic mass is 19.4. The van der Waals surface area contributed by atoms with Crippen LogP contribution in [0.3, 0.4) is 0 Å². The molecule has 1 N–H and O–H groups in total. The molecular weight excluding hydrogens is 557 g/mol. The van der Waals surface area contributed by atoms with Crippen LogP contribution >= 0.6 is 0 Å². The standard InChI is InChI=1S/C29H31F7N2O3/c1-16(18-9-19(28(31,32)33)11-20(10-18)29(34,35)36)41-24-14-38-23(25(24)17-3-5-21(30)6-4-17)12-27(2,26(38)40)15-37-8-7-22(39)13-37/h3-6,9-11,16,22-25,39H,7-8,12-15H2,1-2H3/t16-,22+,23?,24+,25+,27?/m1/s1. The number of rotatable bonds is 6. The summed E-state index contributed by atoms with van der Waals surface area (Å²) in [5.41, 5.74) is -3.26. The monoisotopic (exact) mass is 588 g/mol. The normalized spacial score (nSPS) is 29.8. The van der Waals surface area contributed by atoms with E-state index < -0.39 is 58.9 Å². The van der Waals surface area contributed by atoms with Crippen LogP contribution in [-0.4, -0.2) is 65.2 Å². The smallest absolute Gasteiger partial charge is 0.392 e. The van der Waals surface area contributed by atoms with E-state index in [2.05, 4.69) is 0 Å². The van der Waals surface area contributed by atoms with E-state index in [-0.39, 0.29) is 30.1 Å². The van der Waals surface area contributed by atoms with Crippen LogP contribution in [0.5, 0.6) is 0 Å². The number of nitrogens with zero attached hydrogens (tertiary/aromatic N) is 2. The van der Waals surface area contributed by atoms with Gasteiger partial charge in [-0.3, -0.25) is 9.69 Å². The lowest BCUT2D eigenvalue weighted by atomic mass is 9.80. The molecule has 12 heteroatoms. The zero-order valence-electron chi connectivity index (χ0n) is 22.5. The highest BCUT2D eigenvalue weighted by Gasteiger charge is 2.58. The first-order valence-corrected chi connectivity index (χ1v) is 13.5. The summed E-state index contributed by atoms with van der Waals surface area (Å²) in [7, 11) is 0. The van der Waals surface area contributed by atoms with Crippen LogP contribution in [0.4, 0.5) is 30.7 Å². The van der Waals surface area contributed by atoms with Gasteiger partial charge in [-0.2, -0.15) is 26.3 Å². The molecule has 3 aliphatic rings. The quantitative estimate of drug-likeness (QED) is 0.435. The largest absolute Gasteiger partial charge is 0.416 e. The Kier molecular flexibility index (Phi) is 7.65. The Labute approximate surface area is 232 Å². The summed E-state index contributed by atoms with van der Waals surface area (Å²) in [5.74, 6) is -1.09. The predicted molar refractivity (Wildman–Crippen MR) is 134 cm³/mol. The van der Waals surface area contributed by atoms with Crippen molar-refractivity contribution in [2.45, 2.75) is 69.3 Å². The van der Waals surface area contributed by atoms with Gasteiger partial charge in [0.1, 0.15) is 5.82 Å². The lowest BCUT2D eigenvalue weighted by Gasteiger charge is -2.31. The van der Waals surface area contributed by atoms with Gasteiger partial charge in [0.15, 0.2) is 0 Å². The third-order valence-corrected chi connectivity index (χ3v) is 8.56. The Balaban J connectivity index is 1.44. The van der Waals surface area contributed by atoms with Gasteiger partial charge < -0.3 is 14.7 Å². The van der Waals surface area contributed by atoms with Gasteiger partial charge in [0.2, 0.25) is 5.91 Å². The molecule has 6 atom stereocenters. The number of hydrogen-bond acceptors (Lipinski definition) is 4. The van der Waals surface area contributed by atoms with Crippen molar-refractivity contribution < 1.29 is 45.4 Å². The first-order valence-electron chi connectivity index (χ1n) is 13.5. The molecule has 2 unspecified atom stereocenters. The van der Waals surface area contributed by atoms with Crippen molar-refractivity contribution >= 4 is 5.91 Å². The van der Waals surface area contributed by atoms with E-state index in [1.54, 1.807) is 17.0 Å². The van der Waals surface area contributed by atoms with Crippen molar-refractivity contribution in [1.82, 2.24) is 9.80 Å². The van der Waals surface area contributed by atoms with E-state index in [9.17, 15) is 40.6 Å². The lowest BCUT2D eigenvalue weighted by molar-refractivity contribution is -0.143. The summed E-state index contributed by atoms with van der Waals surface area (Å²) in [5, 5.41) is 9.92. The topological polar surface area (TPSA) is 53.0 Å². The summed E-state index contributed by atoms with van der Waals surface area (Å²) < 4.78 is 101. The molecule has 0 aliphatic carbocycles. The molecule has 3 saturated heterocycles. The molecule has 0 aromatic heterocycles. The molecule has 0 spiro atoms. The lowest BCUT2D eigenvalue weighted by Crippen LogP contribution is -2.42. The van der Waals surface area contributed by atoms with E-state index in [0.717, 1.165) is 0 Å². The number of amides is 1. The molecular formula is C29H31F7N2O3.